The summed E-state index contributed by atoms with van der Waals surface area (Å²) in [6, 6.07) is 16.5. The average Bonchev–Trinajstić information content (AvgIpc) is 3.38. The number of nitrogens with zero attached hydrogens (tertiary/aromatic N) is 4. The first-order valence-electron chi connectivity index (χ1n) is 11.4. The topological polar surface area (TPSA) is 84.2 Å². The van der Waals surface area contributed by atoms with Gasteiger partial charge in [0, 0.05) is 43.4 Å². The molecule has 0 unspecified atom stereocenters. The standard InChI is InChI=1S/C26H23F2N5O2/c27-20-13-17(14-21(28)15-20)16-30-25(34)19-8-11-33(12-9-19)24-22(7-4-10-29-24)26-31-23(32-35-26)18-5-2-1-3-6-18/h1-7,10,13-15,19H,8-9,11-12,16H2,(H,30,34). The summed E-state index contributed by atoms with van der Waals surface area (Å²) in [6.07, 6.45) is 2.96. The van der Waals surface area contributed by atoms with Gasteiger partial charge in [0.25, 0.3) is 5.89 Å². The Morgan fingerprint density at radius 2 is 1.77 bits per heavy atom. The lowest BCUT2D eigenvalue weighted by molar-refractivity contribution is -0.125. The van der Waals surface area contributed by atoms with E-state index in [1.54, 1.807) is 6.20 Å². The van der Waals surface area contributed by atoms with Gasteiger partial charge >= 0.3 is 0 Å². The number of hydrogen-bond donors (Lipinski definition) is 1. The normalized spacial score (nSPS) is 14.2. The number of carbonyl (C=O) groups is 1. The molecule has 3 heterocycles. The first-order valence-corrected chi connectivity index (χ1v) is 11.4. The van der Waals surface area contributed by atoms with Gasteiger partial charge in [0.05, 0.1) is 5.56 Å². The van der Waals surface area contributed by atoms with Crippen molar-refractivity contribution >= 4 is 11.7 Å². The van der Waals surface area contributed by atoms with E-state index in [2.05, 4.69) is 25.3 Å². The summed E-state index contributed by atoms with van der Waals surface area (Å²) in [4.78, 5) is 23.9. The molecule has 178 valence electrons. The van der Waals surface area contributed by atoms with Gasteiger partial charge in [0.1, 0.15) is 17.5 Å². The lowest BCUT2D eigenvalue weighted by atomic mass is 9.95. The molecule has 0 spiro atoms. The molecule has 35 heavy (non-hydrogen) atoms. The third-order valence-corrected chi connectivity index (χ3v) is 6.03. The van der Waals surface area contributed by atoms with Crippen molar-refractivity contribution in [3.8, 4) is 22.8 Å². The molecular weight excluding hydrogens is 452 g/mol. The molecule has 1 N–H and O–H groups in total. The number of aromatic nitrogens is 3. The molecule has 0 atom stereocenters. The Hall–Kier alpha value is -4.14. The second-order valence-corrected chi connectivity index (χ2v) is 8.42. The number of rotatable bonds is 6. The van der Waals surface area contributed by atoms with Crippen molar-refractivity contribution < 1.29 is 18.1 Å². The molecule has 0 saturated carbocycles. The highest BCUT2D eigenvalue weighted by atomic mass is 19.1. The van der Waals surface area contributed by atoms with Crippen LogP contribution in [-0.2, 0) is 11.3 Å². The Morgan fingerprint density at radius 1 is 1.03 bits per heavy atom. The molecule has 1 saturated heterocycles. The number of benzene rings is 2. The largest absolute Gasteiger partial charge is 0.356 e. The van der Waals surface area contributed by atoms with Gasteiger partial charge in [0.15, 0.2) is 0 Å². The minimum absolute atomic E-state index is 0.0824. The van der Waals surface area contributed by atoms with E-state index in [1.807, 2.05) is 42.5 Å². The Bertz CT molecular complexity index is 1300. The molecule has 1 aliphatic rings. The third kappa shape index (κ3) is 5.18. The fourth-order valence-electron chi connectivity index (χ4n) is 4.25. The summed E-state index contributed by atoms with van der Waals surface area (Å²) >= 11 is 0. The fraction of sp³-hybridized carbons (Fsp3) is 0.231. The minimum Gasteiger partial charge on any atom is -0.356 e. The number of amides is 1. The van der Waals surface area contributed by atoms with Crippen LogP contribution in [0.15, 0.2) is 71.4 Å². The Morgan fingerprint density at radius 3 is 2.51 bits per heavy atom. The molecule has 4 aromatic rings. The second kappa shape index (κ2) is 10.0. The van der Waals surface area contributed by atoms with E-state index < -0.39 is 11.6 Å². The van der Waals surface area contributed by atoms with Crippen molar-refractivity contribution in [2.45, 2.75) is 19.4 Å². The monoisotopic (exact) mass is 475 g/mol. The van der Waals surface area contributed by atoms with Gasteiger partial charge in [-0.25, -0.2) is 13.8 Å². The van der Waals surface area contributed by atoms with Gasteiger partial charge < -0.3 is 14.7 Å². The van der Waals surface area contributed by atoms with Crippen molar-refractivity contribution in [2.75, 3.05) is 18.0 Å². The van der Waals surface area contributed by atoms with E-state index in [1.165, 1.54) is 12.1 Å². The zero-order chi connectivity index (χ0) is 24.2. The van der Waals surface area contributed by atoms with Crippen LogP contribution in [0.2, 0.25) is 0 Å². The van der Waals surface area contributed by atoms with E-state index in [-0.39, 0.29) is 18.4 Å². The molecule has 7 nitrogen and oxygen atoms in total. The van der Waals surface area contributed by atoms with Gasteiger partial charge in [-0.15, -0.1) is 0 Å². The van der Waals surface area contributed by atoms with Crippen molar-refractivity contribution in [1.82, 2.24) is 20.4 Å². The predicted octanol–water partition coefficient (Wildman–Crippen LogP) is 4.61. The van der Waals surface area contributed by atoms with Crippen LogP contribution in [0.5, 0.6) is 0 Å². The van der Waals surface area contributed by atoms with Crippen molar-refractivity contribution in [3.63, 3.8) is 0 Å². The first-order chi connectivity index (χ1) is 17.1. The maximum Gasteiger partial charge on any atom is 0.261 e. The molecule has 0 aliphatic carbocycles. The minimum atomic E-state index is -0.661. The van der Waals surface area contributed by atoms with Crippen LogP contribution in [0.1, 0.15) is 18.4 Å². The van der Waals surface area contributed by atoms with Crippen LogP contribution in [0.25, 0.3) is 22.8 Å². The molecule has 0 radical (unpaired) electrons. The lowest BCUT2D eigenvalue weighted by Gasteiger charge is -2.32. The van der Waals surface area contributed by atoms with Crippen molar-refractivity contribution in [1.29, 1.82) is 0 Å². The average molecular weight is 475 g/mol. The van der Waals surface area contributed by atoms with Crippen molar-refractivity contribution in [3.05, 3.63) is 84.1 Å². The highest BCUT2D eigenvalue weighted by molar-refractivity contribution is 5.79. The molecule has 9 heteroatoms. The zero-order valence-corrected chi connectivity index (χ0v) is 18.8. The summed E-state index contributed by atoms with van der Waals surface area (Å²) in [5.41, 5.74) is 1.99. The third-order valence-electron chi connectivity index (χ3n) is 6.03. The number of anilines is 1. The van der Waals surface area contributed by atoms with Crippen molar-refractivity contribution in [2.24, 2.45) is 5.92 Å². The smallest absolute Gasteiger partial charge is 0.261 e. The van der Waals surface area contributed by atoms with Gasteiger partial charge in [-0.1, -0.05) is 35.5 Å². The van der Waals surface area contributed by atoms with E-state index in [9.17, 15) is 13.6 Å². The van der Waals surface area contributed by atoms with E-state index in [0.29, 0.717) is 43.2 Å². The van der Waals surface area contributed by atoms with Gasteiger partial charge in [-0.2, -0.15) is 4.98 Å². The van der Waals surface area contributed by atoms with Crippen LogP contribution < -0.4 is 10.2 Å². The number of carbonyl (C=O) groups excluding carboxylic acids is 1. The van der Waals surface area contributed by atoms with E-state index in [4.69, 9.17) is 4.52 Å². The maximum atomic E-state index is 13.4. The van der Waals surface area contributed by atoms with Crippen LogP contribution in [0, 0.1) is 17.6 Å². The summed E-state index contributed by atoms with van der Waals surface area (Å²) in [5, 5.41) is 6.90. The highest BCUT2D eigenvalue weighted by Gasteiger charge is 2.27. The van der Waals surface area contributed by atoms with Gasteiger partial charge in [0.2, 0.25) is 11.7 Å². The quantitative estimate of drug-likeness (QED) is 0.439. The number of nitrogens with one attached hydrogen (secondary N) is 1. The Kier molecular flexibility index (Phi) is 6.47. The summed E-state index contributed by atoms with van der Waals surface area (Å²) in [6.45, 7) is 1.33. The second-order valence-electron chi connectivity index (χ2n) is 8.42. The summed E-state index contributed by atoms with van der Waals surface area (Å²) in [5.74, 6) is -0.0236. The maximum absolute atomic E-state index is 13.4. The summed E-state index contributed by atoms with van der Waals surface area (Å²) in [7, 11) is 0. The molecule has 5 rings (SSSR count). The highest BCUT2D eigenvalue weighted by Crippen LogP contribution is 2.31. The number of hydrogen-bond acceptors (Lipinski definition) is 6. The van der Waals surface area contributed by atoms with Crippen LogP contribution in [0.3, 0.4) is 0 Å². The fourth-order valence-corrected chi connectivity index (χ4v) is 4.25. The van der Waals surface area contributed by atoms with Crippen LogP contribution in [0.4, 0.5) is 14.6 Å². The molecule has 2 aromatic heterocycles. The Labute approximate surface area is 200 Å². The number of halogens is 2. The molecule has 1 fully saturated rings. The molecule has 1 aliphatic heterocycles. The number of pyridine rings is 1. The SMILES string of the molecule is O=C(NCc1cc(F)cc(F)c1)C1CCN(c2ncccc2-c2nc(-c3ccccc3)no2)CC1. The van der Waals surface area contributed by atoms with E-state index in [0.717, 1.165) is 23.0 Å². The lowest BCUT2D eigenvalue weighted by Crippen LogP contribution is -2.40. The van der Waals surface area contributed by atoms with Gasteiger partial charge in [-0.3, -0.25) is 4.79 Å². The molecule has 1 amide bonds. The van der Waals surface area contributed by atoms with Crippen LogP contribution >= 0.6 is 0 Å². The molecular formula is C26H23F2N5O2. The number of piperidine rings is 1. The molecule has 2 aromatic carbocycles. The van der Waals surface area contributed by atoms with Crippen LogP contribution in [-0.4, -0.2) is 34.1 Å². The molecule has 0 bridgehead atoms. The predicted molar refractivity (Wildman–Crippen MR) is 126 cm³/mol. The summed E-state index contributed by atoms with van der Waals surface area (Å²) < 4.78 is 32.3. The van der Waals surface area contributed by atoms with Gasteiger partial charge in [-0.05, 0) is 42.7 Å². The first kappa shape index (κ1) is 22.6. The Balaban J connectivity index is 1.23. The van der Waals surface area contributed by atoms with E-state index >= 15 is 0 Å². The zero-order valence-electron chi connectivity index (χ0n) is 18.8.